The molecule has 1 N–H and O–H groups in total. The monoisotopic (exact) mass is 186 g/mol. The third kappa shape index (κ3) is 1.94. The van der Waals surface area contributed by atoms with Crippen LogP contribution in [0.15, 0.2) is 10.9 Å². The highest BCUT2D eigenvalue weighted by atomic mass is 32.2. The molecule has 0 fully saturated rings. The molecule has 0 aliphatic rings. The molecule has 0 radical (unpaired) electrons. The van der Waals surface area contributed by atoms with Crippen LogP contribution in [0.5, 0.6) is 0 Å². The minimum Gasteiger partial charge on any atom is -0.299 e. The number of hydrogen-bond donors (Lipinski definition) is 1. The largest absolute Gasteiger partial charge is 0.299 e. The molecule has 0 unspecified atom stereocenters. The summed E-state index contributed by atoms with van der Waals surface area (Å²) in [5.74, 6) is 0.870. The van der Waals surface area contributed by atoms with E-state index in [0.717, 1.165) is 11.4 Å². The Hall–Kier alpha value is -0.640. The van der Waals surface area contributed by atoms with Crippen LogP contribution < -0.4 is 5.56 Å². The molecule has 0 aromatic carbocycles. The summed E-state index contributed by atoms with van der Waals surface area (Å²) >= 11 is 1.71. The van der Waals surface area contributed by atoms with Crippen molar-refractivity contribution in [2.45, 2.75) is 25.6 Å². The first-order valence-corrected chi connectivity index (χ1v) is 5.34. The normalized spacial score (nSPS) is 11.0. The third-order valence-corrected chi connectivity index (χ3v) is 2.22. The maximum Gasteiger partial charge on any atom is 0.266 e. The summed E-state index contributed by atoms with van der Waals surface area (Å²) in [6, 6.07) is 1.88. The summed E-state index contributed by atoms with van der Waals surface area (Å²) in [5.41, 5.74) is 1.07. The molecule has 4 heteroatoms. The standard InChI is InChI=1S/C8H14N2OS/c1-6(2)10-8(11)4-7(9-10)5-12-3/h4,6,9H,5H2,1-3H3. The van der Waals surface area contributed by atoms with Crippen LogP contribution in [0, 0.1) is 0 Å². The Morgan fingerprint density at radius 1 is 1.67 bits per heavy atom. The summed E-state index contributed by atoms with van der Waals surface area (Å²) in [7, 11) is 0. The van der Waals surface area contributed by atoms with E-state index < -0.39 is 0 Å². The zero-order chi connectivity index (χ0) is 9.14. The Kier molecular flexibility index (Phi) is 3.03. The zero-order valence-corrected chi connectivity index (χ0v) is 8.44. The molecule has 1 aromatic heterocycles. The van der Waals surface area contributed by atoms with Gasteiger partial charge < -0.3 is 0 Å². The molecule has 68 valence electrons. The number of nitrogens with one attached hydrogen (secondary N) is 1. The summed E-state index contributed by atoms with van der Waals surface area (Å²) in [6.07, 6.45) is 2.02. The second-order valence-corrected chi connectivity index (χ2v) is 3.88. The average Bonchev–Trinajstić information content (AvgIpc) is 2.32. The number of thioether (sulfide) groups is 1. The van der Waals surface area contributed by atoms with Gasteiger partial charge >= 0.3 is 0 Å². The van der Waals surface area contributed by atoms with Crippen molar-refractivity contribution in [3.05, 3.63) is 22.1 Å². The summed E-state index contributed by atoms with van der Waals surface area (Å²) < 4.78 is 1.64. The van der Waals surface area contributed by atoms with Gasteiger partial charge in [0.25, 0.3) is 5.56 Å². The van der Waals surface area contributed by atoms with E-state index in [4.69, 9.17) is 0 Å². The minimum atomic E-state index is 0.0639. The number of H-pyrrole nitrogens is 1. The number of nitrogens with zero attached hydrogens (tertiary/aromatic N) is 1. The van der Waals surface area contributed by atoms with E-state index in [1.54, 1.807) is 22.5 Å². The van der Waals surface area contributed by atoms with Crippen LogP contribution in [0.2, 0.25) is 0 Å². The lowest BCUT2D eigenvalue weighted by atomic mass is 10.4. The topological polar surface area (TPSA) is 37.8 Å². The van der Waals surface area contributed by atoms with Gasteiger partial charge in [-0.1, -0.05) is 0 Å². The quantitative estimate of drug-likeness (QED) is 0.779. The van der Waals surface area contributed by atoms with Gasteiger partial charge in [0.1, 0.15) is 0 Å². The maximum atomic E-state index is 11.3. The van der Waals surface area contributed by atoms with Crippen LogP contribution in [-0.4, -0.2) is 16.0 Å². The molecule has 0 atom stereocenters. The fourth-order valence-electron chi connectivity index (χ4n) is 1.07. The Morgan fingerprint density at radius 3 is 2.75 bits per heavy atom. The van der Waals surface area contributed by atoms with Crippen LogP contribution in [0.1, 0.15) is 25.6 Å². The first-order valence-electron chi connectivity index (χ1n) is 3.94. The van der Waals surface area contributed by atoms with Crippen LogP contribution in [0.25, 0.3) is 0 Å². The lowest BCUT2D eigenvalue weighted by Gasteiger charge is -2.04. The van der Waals surface area contributed by atoms with Crippen LogP contribution in [-0.2, 0) is 5.75 Å². The average molecular weight is 186 g/mol. The second-order valence-electron chi connectivity index (χ2n) is 3.02. The molecule has 12 heavy (non-hydrogen) atoms. The van der Waals surface area contributed by atoms with Gasteiger partial charge in [-0.3, -0.25) is 14.6 Å². The zero-order valence-electron chi connectivity index (χ0n) is 7.63. The minimum absolute atomic E-state index is 0.0639. The molecule has 0 aliphatic carbocycles. The molecular weight excluding hydrogens is 172 g/mol. The van der Waals surface area contributed by atoms with Gasteiger partial charge in [-0.25, -0.2) is 0 Å². The van der Waals surface area contributed by atoms with Gasteiger partial charge in [-0.15, -0.1) is 0 Å². The molecule has 1 heterocycles. The van der Waals surface area contributed by atoms with Gasteiger partial charge in [-0.2, -0.15) is 11.8 Å². The Labute approximate surface area is 76.1 Å². The van der Waals surface area contributed by atoms with E-state index in [2.05, 4.69) is 5.10 Å². The lowest BCUT2D eigenvalue weighted by Crippen LogP contribution is -2.17. The van der Waals surface area contributed by atoms with Gasteiger partial charge in [0, 0.05) is 23.6 Å². The van der Waals surface area contributed by atoms with E-state index in [1.807, 2.05) is 20.1 Å². The summed E-state index contributed by atoms with van der Waals surface area (Å²) in [4.78, 5) is 11.3. The number of hydrogen-bond acceptors (Lipinski definition) is 2. The van der Waals surface area contributed by atoms with Crippen molar-refractivity contribution in [3.8, 4) is 0 Å². The van der Waals surface area contributed by atoms with Crippen molar-refractivity contribution in [1.29, 1.82) is 0 Å². The Balaban J connectivity index is 2.93. The molecule has 0 amide bonds. The van der Waals surface area contributed by atoms with E-state index in [-0.39, 0.29) is 11.6 Å². The molecule has 0 saturated heterocycles. The van der Waals surface area contributed by atoms with E-state index in [1.165, 1.54) is 0 Å². The smallest absolute Gasteiger partial charge is 0.266 e. The highest BCUT2D eigenvalue weighted by Gasteiger charge is 2.04. The fourth-order valence-corrected chi connectivity index (χ4v) is 1.53. The van der Waals surface area contributed by atoms with Crippen LogP contribution in [0.4, 0.5) is 0 Å². The molecule has 0 spiro atoms. The first-order chi connectivity index (χ1) is 5.65. The molecular formula is C8H14N2OS. The second kappa shape index (κ2) is 3.85. The van der Waals surface area contributed by atoms with Crippen molar-refractivity contribution in [2.75, 3.05) is 6.26 Å². The highest BCUT2D eigenvalue weighted by Crippen LogP contribution is 2.05. The predicted octanol–water partition coefficient (Wildman–Crippen LogP) is 1.62. The van der Waals surface area contributed by atoms with Crippen LogP contribution in [0.3, 0.4) is 0 Å². The molecule has 0 saturated carbocycles. The molecule has 0 aliphatic heterocycles. The maximum absolute atomic E-state index is 11.3. The number of aromatic amines is 1. The number of rotatable bonds is 3. The highest BCUT2D eigenvalue weighted by molar-refractivity contribution is 7.97. The molecule has 3 nitrogen and oxygen atoms in total. The van der Waals surface area contributed by atoms with Gasteiger partial charge in [0.05, 0.1) is 0 Å². The molecule has 1 rings (SSSR count). The van der Waals surface area contributed by atoms with Crippen molar-refractivity contribution in [2.24, 2.45) is 0 Å². The van der Waals surface area contributed by atoms with Crippen molar-refractivity contribution >= 4 is 11.8 Å². The molecule has 1 aromatic rings. The predicted molar refractivity (Wildman–Crippen MR) is 52.7 cm³/mol. The van der Waals surface area contributed by atoms with Gasteiger partial charge in [-0.05, 0) is 20.1 Å². The number of aromatic nitrogens is 2. The SMILES string of the molecule is CSCc1cc(=O)n(C(C)C)[nH]1. The first kappa shape index (κ1) is 9.45. The van der Waals surface area contributed by atoms with Crippen molar-refractivity contribution in [3.63, 3.8) is 0 Å². The Morgan fingerprint density at radius 2 is 2.33 bits per heavy atom. The lowest BCUT2D eigenvalue weighted by molar-refractivity contribution is 0.513. The third-order valence-electron chi connectivity index (χ3n) is 1.62. The van der Waals surface area contributed by atoms with E-state index in [0.29, 0.717) is 0 Å². The molecule has 0 bridgehead atoms. The van der Waals surface area contributed by atoms with Gasteiger partial charge in [0.2, 0.25) is 0 Å². The van der Waals surface area contributed by atoms with E-state index in [9.17, 15) is 4.79 Å². The Bertz CT molecular complexity index is 300. The summed E-state index contributed by atoms with van der Waals surface area (Å²) in [5, 5.41) is 3.07. The van der Waals surface area contributed by atoms with Gasteiger partial charge in [0.15, 0.2) is 0 Å². The fraction of sp³-hybridized carbons (Fsp3) is 0.625. The van der Waals surface area contributed by atoms with E-state index >= 15 is 0 Å². The summed E-state index contributed by atoms with van der Waals surface area (Å²) in [6.45, 7) is 3.97. The van der Waals surface area contributed by atoms with Crippen molar-refractivity contribution < 1.29 is 0 Å². The van der Waals surface area contributed by atoms with Crippen molar-refractivity contribution in [1.82, 2.24) is 9.78 Å². The van der Waals surface area contributed by atoms with Crippen LogP contribution >= 0.6 is 11.8 Å².